The fraction of sp³-hybridized carbons (Fsp3) is 0.913. The summed E-state index contributed by atoms with van der Waals surface area (Å²) in [5, 5.41) is 13.8. The minimum atomic E-state index is -2.92. The molecule has 10 heteroatoms. The highest BCUT2D eigenvalue weighted by atomic mass is 32.2. The zero-order chi connectivity index (χ0) is 40.9. The van der Waals surface area contributed by atoms with E-state index in [0.29, 0.717) is 48.7 Å². The van der Waals surface area contributed by atoms with Crippen LogP contribution in [0.15, 0.2) is 12.2 Å². The smallest absolute Gasteiger partial charge is 0.310 e. The minimum Gasteiger partial charge on any atom is -0.481 e. The van der Waals surface area contributed by atoms with Gasteiger partial charge in [0, 0.05) is 43.1 Å². The highest BCUT2D eigenvalue weighted by Gasteiger charge is 2.71. The molecule has 0 aromatic rings. The Hall–Kier alpha value is -1.10. The van der Waals surface area contributed by atoms with Gasteiger partial charge in [0.1, 0.15) is 6.10 Å². The molecule has 0 spiro atoms. The normalized spacial score (nSPS) is 45.3. The van der Waals surface area contributed by atoms with E-state index in [-0.39, 0.29) is 74.4 Å². The van der Waals surface area contributed by atoms with E-state index in [4.69, 9.17) is 4.74 Å². The second kappa shape index (κ2) is 14.8. The number of carbonyl (C=O) groups excluding carboxylic acids is 1. The number of hydrogen-bond donors (Lipinski definition) is 2. The first-order valence-corrected chi connectivity index (χ1v) is 25.6. The molecule has 1 aliphatic heterocycles. The van der Waals surface area contributed by atoms with E-state index in [0.717, 1.165) is 38.0 Å². The largest absolute Gasteiger partial charge is 0.481 e. The maximum Gasteiger partial charge on any atom is 0.310 e. The van der Waals surface area contributed by atoms with Crippen LogP contribution in [-0.4, -0.2) is 91.2 Å². The van der Waals surface area contributed by atoms with Crippen LogP contribution in [-0.2, 0) is 24.2 Å². The van der Waals surface area contributed by atoms with Crippen molar-refractivity contribution in [1.29, 1.82) is 0 Å². The monoisotopic (exact) mass is 817 g/mol. The first-order chi connectivity index (χ1) is 26.1. The molecule has 0 aromatic heterocycles. The predicted molar refractivity (Wildman–Crippen MR) is 227 cm³/mol. The number of nitrogens with zero attached hydrogens (tertiary/aromatic N) is 1. The van der Waals surface area contributed by atoms with Gasteiger partial charge in [-0.25, -0.2) is 8.42 Å². The first-order valence-electron chi connectivity index (χ1n) is 22.3. The molecule has 13 atom stereocenters. The van der Waals surface area contributed by atoms with Gasteiger partial charge in [-0.15, -0.1) is 0 Å². The second-order valence-electron chi connectivity index (χ2n) is 22.1. The molecule has 0 bridgehead atoms. The summed E-state index contributed by atoms with van der Waals surface area (Å²) in [7, 11) is -2.92. The number of ether oxygens (including phenoxy) is 1. The van der Waals surface area contributed by atoms with Crippen molar-refractivity contribution in [2.45, 2.75) is 150 Å². The van der Waals surface area contributed by atoms with Crippen LogP contribution in [0.2, 0.25) is 0 Å². The fourth-order valence-corrected chi connectivity index (χ4v) is 17.4. The Morgan fingerprint density at radius 3 is 2.23 bits per heavy atom. The molecule has 318 valence electrons. The zero-order valence-corrected chi connectivity index (χ0v) is 38.0. The molecule has 56 heavy (non-hydrogen) atoms. The van der Waals surface area contributed by atoms with Crippen molar-refractivity contribution in [2.24, 2.45) is 68.5 Å². The van der Waals surface area contributed by atoms with Crippen molar-refractivity contribution >= 4 is 33.5 Å². The number of hydrogen-bond acceptors (Lipinski definition) is 8. The molecule has 0 amide bonds. The molecule has 7 rings (SSSR count). The van der Waals surface area contributed by atoms with Crippen molar-refractivity contribution in [3.8, 4) is 0 Å². The van der Waals surface area contributed by atoms with Crippen LogP contribution in [0.5, 0.6) is 0 Å². The molecule has 0 aromatic carbocycles. The highest BCUT2D eigenvalue weighted by Crippen LogP contribution is 2.76. The summed E-state index contributed by atoms with van der Waals surface area (Å²) in [6.45, 7) is 25.9. The Labute approximate surface area is 344 Å². The number of nitrogens with one attached hydrogen (secondary N) is 1. The van der Waals surface area contributed by atoms with Gasteiger partial charge in [0.05, 0.1) is 17.4 Å². The van der Waals surface area contributed by atoms with Gasteiger partial charge in [0.25, 0.3) is 0 Å². The average molecular weight is 817 g/mol. The molecule has 7 fully saturated rings. The van der Waals surface area contributed by atoms with Crippen molar-refractivity contribution in [3.63, 3.8) is 0 Å². The van der Waals surface area contributed by atoms with Gasteiger partial charge in [-0.3, -0.25) is 14.5 Å². The van der Waals surface area contributed by atoms with Crippen molar-refractivity contribution in [1.82, 2.24) is 10.2 Å². The maximum atomic E-state index is 13.7. The summed E-state index contributed by atoms with van der Waals surface area (Å²) >= 11 is 1.89. The van der Waals surface area contributed by atoms with E-state index in [2.05, 4.69) is 64.6 Å². The maximum absolute atomic E-state index is 13.7. The number of aliphatic carboxylic acids is 1. The summed E-state index contributed by atoms with van der Waals surface area (Å²) in [5.41, 5.74) is 1.58. The Bertz CT molecular complexity index is 1650. The van der Waals surface area contributed by atoms with Crippen LogP contribution < -0.4 is 5.32 Å². The Morgan fingerprint density at radius 1 is 0.893 bits per heavy atom. The Kier molecular flexibility index (Phi) is 11.4. The minimum absolute atomic E-state index is 0.0261. The topological polar surface area (TPSA) is 113 Å². The van der Waals surface area contributed by atoms with Crippen LogP contribution >= 0.6 is 11.8 Å². The SMILES string of the molecule is C=C(C)[C@@H]1CC[C@]2(NC[C@@H](CCSC)N3CCS(=O)(=O)CC3)CC[C@]3(C)[C@H](CC[C@@H]4[C@@]5(C)CC[C@H](OC(=O)[C@H]6[C@@H](CC(=O)O)C6(C)C)C(C)(C)[C@@H]5CC[C@]43C)[C@@H]12. The van der Waals surface area contributed by atoms with Gasteiger partial charge in [-0.2, -0.15) is 11.8 Å². The van der Waals surface area contributed by atoms with Gasteiger partial charge < -0.3 is 15.2 Å². The lowest BCUT2D eigenvalue weighted by Crippen LogP contribution is -2.69. The van der Waals surface area contributed by atoms with Gasteiger partial charge in [-0.1, -0.05) is 60.6 Å². The molecule has 7 aliphatic rings. The highest BCUT2D eigenvalue weighted by molar-refractivity contribution is 7.98. The molecule has 6 saturated carbocycles. The number of allylic oxidation sites excluding steroid dienone is 1. The lowest BCUT2D eigenvalue weighted by molar-refractivity contribution is -0.246. The second-order valence-corrected chi connectivity index (χ2v) is 25.4. The third-order valence-corrected chi connectivity index (χ3v) is 21.5. The molecular formula is C46H76N2O6S2. The van der Waals surface area contributed by atoms with Crippen LogP contribution in [0, 0.1) is 68.5 Å². The molecule has 0 unspecified atom stereocenters. The van der Waals surface area contributed by atoms with Gasteiger partial charge >= 0.3 is 11.9 Å². The standard InChI is InChI=1S/C46H76N2O6S2/c1-29(2)31-13-19-46(47-28-30(16-24-55-10)48-22-25-56(52,53)26-23-48)21-20-44(8)32(38(31)46)11-12-35-43(7)17-15-36(42(5,6)34(43)14-18-45(35,44)9)54-40(51)39-33(27-37(49)50)41(39,3)4/h30-36,38-39,47H,1,11-28H2,2-10H3,(H,49,50)/t30-,31+,32-,33-,34+,35-,36+,38-,39-,43+,44-,45-,46+/m1/s1. The van der Waals surface area contributed by atoms with E-state index < -0.39 is 15.8 Å². The summed E-state index contributed by atoms with van der Waals surface area (Å²) in [4.78, 5) is 27.7. The number of carbonyl (C=O) groups is 2. The summed E-state index contributed by atoms with van der Waals surface area (Å²) < 4.78 is 31.2. The van der Waals surface area contributed by atoms with Crippen molar-refractivity contribution in [2.75, 3.05) is 43.1 Å². The molecule has 1 heterocycles. The number of fused-ring (bicyclic) bond motifs is 7. The average Bonchev–Trinajstić information content (AvgIpc) is 3.42. The number of esters is 1. The molecule has 2 N–H and O–H groups in total. The first kappa shape index (κ1) is 43.0. The molecule has 0 radical (unpaired) electrons. The number of carboxylic acid groups (broad SMARTS) is 1. The van der Waals surface area contributed by atoms with Gasteiger partial charge in [0.15, 0.2) is 9.84 Å². The van der Waals surface area contributed by atoms with Crippen LogP contribution in [0.3, 0.4) is 0 Å². The quantitative estimate of drug-likeness (QED) is 0.148. The third kappa shape index (κ3) is 6.88. The van der Waals surface area contributed by atoms with Crippen molar-refractivity contribution in [3.05, 3.63) is 12.2 Å². The van der Waals surface area contributed by atoms with E-state index in [1.54, 1.807) is 0 Å². The lowest BCUT2D eigenvalue weighted by Gasteiger charge is -2.73. The van der Waals surface area contributed by atoms with E-state index in [1.165, 1.54) is 50.5 Å². The van der Waals surface area contributed by atoms with E-state index in [9.17, 15) is 23.1 Å². The van der Waals surface area contributed by atoms with Crippen molar-refractivity contribution < 1.29 is 27.9 Å². The molecule has 8 nitrogen and oxygen atoms in total. The van der Waals surface area contributed by atoms with E-state index in [1.807, 2.05) is 25.6 Å². The summed E-state index contributed by atoms with van der Waals surface area (Å²) in [6, 6.07) is 0.355. The van der Waals surface area contributed by atoms with Crippen LogP contribution in [0.4, 0.5) is 0 Å². The molecular weight excluding hydrogens is 741 g/mol. The van der Waals surface area contributed by atoms with E-state index >= 15 is 0 Å². The third-order valence-electron chi connectivity index (χ3n) is 19.2. The Morgan fingerprint density at radius 2 is 1.59 bits per heavy atom. The number of thioether (sulfide) groups is 1. The predicted octanol–water partition coefficient (Wildman–Crippen LogP) is 8.50. The number of sulfone groups is 1. The zero-order valence-electron chi connectivity index (χ0n) is 36.4. The number of rotatable bonds is 12. The van der Waals surface area contributed by atoms with Gasteiger partial charge in [-0.05, 0) is 147 Å². The lowest BCUT2D eigenvalue weighted by atomic mass is 9.32. The number of carboxylic acids is 1. The Balaban J connectivity index is 1.10. The fourth-order valence-electron chi connectivity index (χ4n) is 15.7. The summed E-state index contributed by atoms with van der Waals surface area (Å²) in [6.07, 6.45) is 14.8. The molecule has 6 aliphatic carbocycles. The molecule has 1 saturated heterocycles. The van der Waals surface area contributed by atoms with Crippen LogP contribution in [0.25, 0.3) is 0 Å². The van der Waals surface area contributed by atoms with Gasteiger partial charge in [0.2, 0.25) is 0 Å². The van der Waals surface area contributed by atoms with Crippen LogP contribution in [0.1, 0.15) is 132 Å². The summed E-state index contributed by atoms with van der Waals surface area (Å²) in [5.74, 6) is 2.95.